The highest BCUT2D eigenvalue weighted by molar-refractivity contribution is 5.61. The van der Waals surface area contributed by atoms with Gasteiger partial charge in [-0.2, -0.15) is 26.3 Å². The fourth-order valence-corrected chi connectivity index (χ4v) is 3.28. The first kappa shape index (κ1) is 24.9. The van der Waals surface area contributed by atoms with E-state index in [9.17, 15) is 31.4 Å². The Morgan fingerprint density at radius 2 is 1.52 bits per heavy atom. The first-order valence-electron chi connectivity index (χ1n) is 10.3. The lowest BCUT2D eigenvalue weighted by Crippen LogP contribution is -2.32. The zero-order valence-electron chi connectivity index (χ0n) is 17.4. The van der Waals surface area contributed by atoms with Crippen molar-refractivity contribution in [2.45, 2.75) is 18.5 Å². The van der Waals surface area contributed by atoms with Gasteiger partial charge in [0.1, 0.15) is 5.69 Å². The summed E-state index contributed by atoms with van der Waals surface area (Å²) in [4.78, 5) is 3.55. The lowest BCUT2D eigenvalue weighted by Gasteiger charge is -2.17. The molecule has 1 aliphatic carbocycles. The Morgan fingerprint density at radius 3 is 2.12 bits per heavy atom. The van der Waals surface area contributed by atoms with Crippen molar-refractivity contribution in [3.63, 3.8) is 0 Å². The summed E-state index contributed by atoms with van der Waals surface area (Å²) >= 11 is 0. The van der Waals surface area contributed by atoms with Crippen LogP contribution in [0.1, 0.15) is 22.9 Å². The van der Waals surface area contributed by atoms with Gasteiger partial charge in [0, 0.05) is 37.7 Å². The topological polar surface area (TPSA) is 57.2 Å². The van der Waals surface area contributed by atoms with Crippen molar-refractivity contribution in [2.75, 3.05) is 26.2 Å². The molecule has 0 saturated heterocycles. The molecule has 0 amide bonds. The summed E-state index contributed by atoms with van der Waals surface area (Å²) in [7, 11) is 0. The van der Waals surface area contributed by atoms with E-state index < -0.39 is 29.7 Å². The van der Waals surface area contributed by atoms with Crippen molar-refractivity contribution < 1.29 is 31.4 Å². The monoisotopic (exact) mass is 471 g/mol. The van der Waals surface area contributed by atoms with Crippen LogP contribution in [-0.4, -0.2) is 36.3 Å². The lowest BCUT2D eigenvalue weighted by molar-refractivity contribution is -0.141. The Balaban J connectivity index is 1.66. The maximum absolute atomic E-state index is 13.3. The molecule has 1 heterocycles. The van der Waals surface area contributed by atoms with E-state index in [-0.39, 0.29) is 23.4 Å². The van der Waals surface area contributed by atoms with Gasteiger partial charge in [0.15, 0.2) is 0 Å². The molecule has 0 unspecified atom stereocenters. The molecule has 1 aromatic carbocycles. The summed E-state index contributed by atoms with van der Waals surface area (Å²) in [5.74, 6) is 0.330. The third-order valence-corrected chi connectivity index (χ3v) is 5.05. The molecule has 0 fully saturated rings. The van der Waals surface area contributed by atoms with Crippen molar-refractivity contribution in [1.82, 2.24) is 15.6 Å². The van der Waals surface area contributed by atoms with Gasteiger partial charge in [-0.15, -0.1) is 0 Å². The van der Waals surface area contributed by atoms with Crippen LogP contribution >= 0.6 is 0 Å². The predicted octanol–water partition coefficient (Wildman–Crippen LogP) is 4.74. The third-order valence-electron chi connectivity index (χ3n) is 5.05. The Labute approximate surface area is 187 Å². The minimum atomic E-state index is -4.78. The highest BCUT2D eigenvalue weighted by Gasteiger charge is 2.34. The minimum absolute atomic E-state index is 0.00131. The number of allylic oxidation sites excluding steroid dienone is 2. The number of hydrogen-bond donors (Lipinski definition) is 3. The van der Waals surface area contributed by atoms with Gasteiger partial charge < -0.3 is 15.7 Å². The van der Waals surface area contributed by atoms with Crippen LogP contribution < -0.4 is 10.6 Å². The zero-order chi connectivity index (χ0) is 24.1. The summed E-state index contributed by atoms with van der Waals surface area (Å²) in [6, 6.07) is 5.66. The van der Waals surface area contributed by atoms with Crippen molar-refractivity contribution in [2.24, 2.45) is 5.92 Å². The lowest BCUT2D eigenvalue weighted by atomic mass is 10.0. The fourth-order valence-electron chi connectivity index (χ4n) is 3.28. The Bertz CT molecular complexity index is 971. The van der Waals surface area contributed by atoms with Gasteiger partial charge in [-0.25, -0.2) is 4.98 Å². The number of alkyl halides is 6. The summed E-state index contributed by atoms with van der Waals surface area (Å²) in [6.07, 6.45) is -2.57. The predicted molar refractivity (Wildman–Crippen MR) is 112 cm³/mol. The number of hydrogen-bond acceptors (Lipinski definition) is 4. The summed E-state index contributed by atoms with van der Waals surface area (Å²) in [5, 5.41) is 16.6. The second-order valence-corrected chi connectivity index (χ2v) is 7.60. The number of rotatable bonds is 9. The molecule has 33 heavy (non-hydrogen) atoms. The molecular weight excluding hydrogens is 448 g/mol. The van der Waals surface area contributed by atoms with E-state index in [2.05, 4.69) is 27.8 Å². The van der Waals surface area contributed by atoms with Gasteiger partial charge in [0.2, 0.25) is 0 Å². The molecule has 3 N–H and O–H groups in total. The third kappa shape index (κ3) is 7.15. The van der Waals surface area contributed by atoms with Gasteiger partial charge in [0.05, 0.1) is 17.4 Å². The molecule has 10 heteroatoms. The Morgan fingerprint density at radius 1 is 0.879 bits per heavy atom. The maximum atomic E-state index is 13.3. The second kappa shape index (κ2) is 10.5. The van der Waals surface area contributed by atoms with Crippen LogP contribution in [0.4, 0.5) is 26.3 Å². The van der Waals surface area contributed by atoms with Gasteiger partial charge >= 0.3 is 12.4 Å². The Hall–Kier alpha value is -2.69. The van der Waals surface area contributed by atoms with Gasteiger partial charge in [0.25, 0.3) is 0 Å². The number of aromatic nitrogens is 1. The van der Waals surface area contributed by atoms with Crippen LogP contribution in [0, 0.1) is 5.92 Å². The second-order valence-electron chi connectivity index (χ2n) is 7.60. The van der Waals surface area contributed by atoms with E-state index in [1.807, 2.05) is 12.2 Å². The highest BCUT2D eigenvalue weighted by Crippen LogP contribution is 2.34. The van der Waals surface area contributed by atoms with E-state index in [0.717, 1.165) is 36.9 Å². The average molecular weight is 471 g/mol. The minimum Gasteiger partial charge on any atom is -0.387 e. The molecule has 1 aromatic heterocycles. The molecule has 4 nitrogen and oxygen atoms in total. The van der Waals surface area contributed by atoms with Crippen molar-refractivity contribution in [3.8, 4) is 11.3 Å². The molecule has 2 aromatic rings. The molecule has 3 rings (SSSR count). The van der Waals surface area contributed by atoms with E-state index >= 15 is 0 Å². The number of aliphatic hydroxyl groups is 1. The van der Waals surface area contributed by atoms with Crippen molar-refractivity contribution in [3.05, 3.63) is 77.5 Å². The molecule has 1 atom stereocenters. The summed E-state index contributed by atoms with van der Waals surface area (Å²) in [6.45, 7) is 1.84. The van der Waals surface area contributed by atoms with Crippen LogP contribution in [0.25, 0.3) is 11.3 Å². The van der Waals surface area contributed by atoms with E-state index in [1.165, 1.54) is 6.07 Å². The number of pyridine rings is 1. The molecule has 0 saturated carbocycles. The molecule has 178 valence electrons. The smallest absolute Gasteiger partial charge is 0.387 e. The molecule has 0 radical (unpaired) electrons. The normalized spacial score (nSPS) is 15.4. The first-order valence-corrected chi connectivity index (χ1v) is 10.3. The Kier molecular flexibility index (Phi) is 7.93. The van der Waals surface area contributed by atoms with Gasteiger partial charge in [-0.3, -0.25) is 0 Å². The SMILES string of the molecule is O[C@@H](CNCCNCC1C=CC=C1)c1cc(-c2ccc(C(F)(F)F)cc2)nc(C(F)(F)F)c1. The van der Waals surface area contributed by atoms with Crippen molar-refractivity contribution in [1.29, 1.82) is 0 Å². The number of nitrogens with zero attached hydrogens (tertiary/aromatic N) is 1. The van der Waals surface area contributed by atoms with E-state index in [4.69, 9.17) is 0 Å². The van der Waals surface area contributed by atoms with Crippen LogP contribution in [0.15, 0.2) is 60.7 Å². The first-order chi connectivity index (χ1) is 15.5. The quantitative estimate of drug-likeness (QED) is 0.365. The summed E-state index contributed by atoms with van der Waals surface area (Å²) < 4.78 is 78.3. The van der Waals surface area contributed by atoms with Crippen molar-refractivity contribution >= 4 is 0 Å². The molecule has 1 aliphatic rings. The largest absolute Gasteiger partial charge is 0.433 e. The van der Waals surface area contributed by atoms with Crippen LogP contribution in [0.3, 0.4) is 0 Å². The average Bonchev–Trinajstić information content (AvgIpc) is 3.28. The van der Waals surface area contributed by atoms with Gasteiger partial charge in [-0.05, 0) is 29.8 Å². The van der Waals surface area contributed by atoms with Gasteiger partial charge in [-0.1, -0.05) is 36.4 Å². The number of halogens is 6. The standard InChI is InChI=1S/C23H23F6N3O/c24-22(25,26)18-7-5-16(6-8-18)19-11-17(12-21(32-19)23(27,28)29)20(33)14-31-10-9-30-13-15-3-1-2-4-15/h1-8,11-12,15,20,30-31,33H,9-10,13-14H2/t20-/m0/s1. The van der Waals surface area contributed by atoms with Crippen LogP contribution in [0.2, 0.25) is 0 Å². The van der Waals surface area contributed by atoms with Crippen LogP contribution in [-0.2, 0) is 12.4 Å². The maximum Gasteiger partial charge on any atom is 0.433 e. The fraction of sp³-hybridized carbons (Fsp3) is 0.348. The molecule has 0 aliphatic heterocycles. The number of nitrogens with one attached hydrogen (secondary N) is 2. The highest BCUT2D eigenvalue weighted by atomic mass is 19.4. The molecule has 0 spiro atoms. The van der Waals surface area contributed by atoms with Crippen LogP contribution in [0.5, 0.6) is 0 Å². The molecule has 0 bridgehead atoms. The zero-order valence-corrected chi connectivity index (χ0v) is 17.4. The number of aliphatic hydroxyl groups excluding tert-OH is 1. The van der Waals surface area contributed by atoms with E-state index in [1.54, 1.807) is 0 Å². The van der Waals surface area contributed by atoms with E-state index in [0.29, 0.717) is 19.0 Å². The summed E-state index contributed by atoms with van der Waals surface area (Å²) in [5.41, 5.74) is -2.28. The molecular formula is C23H23F6N3O. The number of benzene rings is 1.